The van der Waals surface area contributed by atoms with E-state index in [1.54, 1.807) is 12.0 Å². The summed E-state index contributed by atoms with van der Waals surface area (Å²) in [6.45, 7) is 4.60. The van der Waals surface area contributed by atoms with Crippen molar-refractivity contribution in [2.75, 3.05) is 19.0 Å². The van der Waals surface area contributed by atoms with E-state index in [2.05, 4.69) is 31.3 Å². The fourth-order valence-corrected chi connectivity index (χ4v) is 3.87. The summed E-state index contributed by atoms with van der Waals surface area (Å²) in [6, 6.07) is 11.4. The number of methoxy groups -OCH3 is 1. The zero-order valence-electron chi connectivity index (χ0n) is 15.2. The van der Waals surface area contributed by atoms with Crippen molar-refractivity contribution in [1.82, 2.24) is 4.90 Å². The lowest BCUT2D eigenvalue weighted by molar-refractivity contribution is -0.119. The van der Waals surface area contributed by atoms with E-state index in [0.717, 1.165) is 11.1 Å². The Kier molecular flexibility index (Phi) is 4.04. The van der Waals surface area contributed by atoms with E-state index in [4.69, 9.17) is 4.74 Å². The van der Waals surface area contributed by atoms with Gasteiger partial charge in [-0.3, -0.25) is 9.59 Å². The molecule has 26 heavy (non-hydrogen) atoms. The van der Waals surface area contributed by atoms with Crippen molar-refractivity contribution in [1.29, 1.82) is 0 Å². The lowest BCUT2D eigenvalue weighted by atomic mass is 9.95. The Morgan fingerprint density at radius 3 is 2.69 bits per heavy atom. The fourth-order valence-electron chi connectivity index (χ4n) is 3.87. The molecule has 0 bridgehead atoms. The highest BCUT2D eigenvalue weighted by Crippen LogP contribution is 2.34. The molecule has 0 radical (unpaired) electrons. The molecule has 1 N–H and O–H groups in total. The van der Waals surface area contributed by atoms with Crippen LogP contribution in [-0.4, -0.2) is 42.5 Å². The van der Waals surface area contributed by atoms with Gasteiger partial charge in [0.1, 0.15) is 6.04 Å². The fraction of sp³-hybridized carbons (Fsp3) is 0.333. The van der Waals surface area contributed by atoms with Gasteiger partial charge in [-0.25, -0.2) is 0 Å². The number of aryl methyl sites for hydroxylation is 1. The first-order valence-electron chi connectivity index (χ1n) is 8.85. The van der Waals surface area contributed by atoms with Crippen molar-refractivity contribution < 1.29 is 14.3 Å². The minimum Gasteiger partial charge on any atom is -0.380 e. The Bertz CT molecular complexity index is 906. The van der Waals surface area contributed by atoms with Gasteiger partial charge >= 0.3 is 0 Å². The van der Waals surface area contributed by atoms with Crippen molar-refractivity contribution >= 4 is 17.5 Å². The van der Waals surface area contributed by atoms with Gasteiger partial charge in [-0.05, 0) is 48.2 Å². The molecule has 2 amide bonds. The molecule has 0 spiro atoms. The lowest BCUT2D eigenvalue weighted by Gasteiger charge is -2.20. The summed E-state index contributed by atoms with van der Waals surface area (Å²) in [5.41, 5.74) is 5.60. The first kappa shape index (κ1) is 16.8. The second-order valence-electron chi connectivity index (χ2n) is 7.06. The maximum absolute atomic E-state index is 13.1. The molecular weight excluding hydrogens is 328 g/mol. The molecule has 2 aromatic rings. The highest BCUT2D eigenvalue weighted by molar-refractivity contribution is 6.10. The minimum atomic E-state index is -0.469. The van der Waals surface area contributed by atoms with Crippen LogP contribution >= 0.6 is 0 Å². The molecule has 5 nitrogen and oxygen atoms in total. The molecule has 2 heterocycles. The summed E-state index contributed by atoms with van der Waals surface area (Å²) in [6.07, 6.45) is 0.435. The number of carbonyl (C=O) groups is 2. The van der Waals surface area contributed by atoms with Crippen molar-refractivity contribution in [3.05, 3.63) is 53.1 Å². The molecule has 2 atom stereocenters. The van der Waals surface area contributed by atoms with Gasteiger partial charge in [0.25, 0.3) is 5.91 Å². The van der Waals surface area contributed by atoms with Gasteiger partial charge in [0.05, 0.1) is 17.4 Å². The Balaban J connectivity index is 1.79. The quantitative estimate of drug-likeness (QED) is 0.905. The van der Waals surface area contributed by atoms with E-state index in [9.17, 15) is 9.59 Å². The van der Waals surface area contributed by atoms with Gasteiger partial charge in [-0.1, -0.05) is 24.3 Å². The lowest BCUT2D eigenvalue weighted by Crippen LogP contribution is -2.40. The number of nitrogens with zero attached hydrogens (tertiary/aromatic N) is 1. The third-order valence-corrected chi connectivity index (χ3v) is 5.58. The SMILES string of the molecule is CO[C@@H]1C[C@H]2C(=O)Nc3ccc(-c4cccc(C)c4C)cc3C(=O)N2C1. The molecule has 0 aromatic heterocycles. The van der Waals surface area contributed by atoms with Crippen LogP contribution in [0, 0.1) is 13.8 Å². The molecule has 4 rings (SSSR count). The number of benzene rings is 2. The van der Waals surface area contributed by atoms with E-state index in [1.165, 1.54) is 11.1 Å². The molecule has 0 saturated carbocycles. The summed E-state index contributed by atoms with van der Waals surface area (Å²) in [5.74, 6) is -0.258. The number of anilines is 1. The maximum atomic E-state index is 13.1. The average Bonchev–Trinajstić information content (AvgIpc) is 3.05. The zero-order valence-corrected chi connectivity index (χ0v) is 15.2. The van der Waals surface area contributed by atoms with E-state index < -0.39 is 6.04 Å². The molecular formula is C21H22N2O3. The summed E-state index contributed by atoms with van der Waals surface area (Å²) in [4.78, 5) is 27.3. The van der Waals surface area contributed by atoms with Crippen molar-refractivity contribution in [2.45, 2.75) is 32.4 Å². The van der Waals surface area contributed by atoms with Gasteiger partial charge in [-0.2, -0.15) is 0 Å². The minimum absolute atomic E-state index is 0.0987. The molecule has 5 heteroatoms. The second-order valence-corrected chi connectivity index (χ2v) is 7.06. The number of ether oxygens (including phenoxy) is 1. The van der Waals surface area contributed by atoms with Crippen LogP contribution in [0.25, 0.3) is 11.1 Å². The summed E-state index contributed by atoms with van der Waals surface area (Å²) < 4.78 is 5.38. The summed E-state index contributed by atoms with van der Waals surface area (Å²) in [5, 5.41) is 2.92. The van der Waals surface area contributed by atoms with Crippen LogP contribution in [0.2, 0.25) is 0 Å². The van der Waals surface area contributed by atoms with Gasteiger partial charge in [0, 0.05) is 20.1 Å². The predicted octanol–water partition coefficient (Wildman–Crippen LogP) is 3.15. The molecule has 2 aliphatic rings. The number of rotatable bonds is 2. The molecule has 2 aliphatic heterocycles. The molecule has 0 unspecified atom stereocenters. The molecule has 1 fully saturated rings. The number of carbonyl (C=O) groups excluding carboxylic acids is 2. The number of nitrogens with one attached hydrogen (secondary N) is 1. The smallest absolute Gasteiger partial charge is 0.256 e. The molecule has 2 aromatic carbocycles. The van der Waals surface area contributed by atoms with Crippen molar-refractivity contribution in [3.8, 4) is 11.1 Å². The highest BCUT2D eigenvalue weighted by Gasteiger charge is 2.42. The number of hydrogen-bond acceptors (Lipinski definition) is 3. The number of amides is 2. The third-order valence-electron chi connectivity index (χ3n) is 5.58. The predicted molar refractivity (Wildman–Crippen MR) is 100 cm³/mol. The van der Waals surface area contributed by atoms with Crippen LogP contribution in [0.3, 0.4) is 0 Å². The van der Waals surface area contributed by atoms with Crippen LogP contribution in [0.1, 0.15) is 27.9 Å². The zero-order chi connectivity index (χ0) is 18.4. The van der Waals surface area contributed by atoms with Crippen LogP contribution < -0.4 is 5.32 Å². The van der Waals surface area contributed by atoms with E-state index in [0.29, 0.717) is 24.2 Å². The first-order chi connectivity index (χ1) is 12.5. The van der Waals surface area contributed by atoms with Crippen molar-refractivity contribution in [3.63, 3.8) is 0 Å². The average molecular weight is 350 g/mol. The largest absolute Gasteiger partial charge is 0.380 e. The van der Waals surface area contributed by atoms with Gasteiger partial charge < -0.3 is 15.0 Å². The Morgan fingerprint density at radius 2 is 1.92 bits per heavy atom. The maximum Gasteiger partial charge on any atom is 0.256 e. The molecule has 134 valence electrons. The Hall–Kier alpha value is -2.66. The molecule has 0 aliphatic carbocycles. The number of hydrogen-bond donors (Lipinski definition) is 1. The second kappa shape index (κ2) is 6.25. The van der Waals surface area contributed by atoms with E-state index in [-0.39, 0.29) is 17.9 Å². The summed E-state index contributed by atoms with van der Waals surface area (Å²) in [7, 11) is 1.62. The van der Waals surface area contributed by atoms with Crippen LogP contribution in [-0.2, 0) is 9.53 Å². The normalized spacial score (nSPS) is 21.9. The Morgan fingerprint density at radius 1 is 1.12 bits per heavy atom. The van der Waals surface area contributed by atoms with Gasteiger partial charge in [-0.15, -0.1) is 0 Å². The third kappa shape index (κ3) is 2.59. The van der Waals surface area contributed by atoms with E-state index in [1.807, 2.05) is 24.3 Å². The van der Waals surface area contributed by atoms with Crippen LogP contribution in [0.15, 0.2) is 36.4 Å². The number of fused-ring (bicyclic) bond motifs is 2. The van der Waals surface area contributed by atoms with Crippen LogP contribution in [0.4, 0.5) is 5.69 Å². The van der Waals surface area contributed by atoms with Crippen molar-refractivity contribution in [2.24, 2.45) is 0 Å². The highest BCUT2D eigenvalue weighted by atomic mass is 16.5. The van der Waals surface area contributed by atoms with Gasteiger partial charge in [0.2, 0.25) is 5.91 Å². The van der Waals surface area contributed by atoms with Crippen LogP contribution in [0.5, 0.6) is 0 Å². The Labute approximate surface area is 153 Å². The summed E-state index contributed by atoms with van der Waals surface area (Å²) >= 11 is 0. The van der Waals surface area contributed by atoms with E-state index >= 15 is 0 Å². The monoisotopic (exact) mass is 350 g/mol. The molecule has 1 saturated heterocycles. The standard InChI is InChI=1S/C21H22N2O3/c1-12-5-4-6-16(13(12)2)14-7-8-18-17(9-14)21(25)23-11-15(26-3)10-19(23)20(24)22-18/h4-9,15,19H,10-11H2,1-3H3,(H,22,24)/t15-,19+/m1/s1. The topological polar surface area (TPSA) is 58.6 Å². The van der Waals surface area contributed by atoms with Gasteiger partial charge in [0.15, 0.2) is 0 Å². The first-order valence-corrected chi connectivity index (χ1v) is 8.85.